The maximum absolute atomic E-state index is 13.1. The van der Waals surface area contributed by atoms with Crippen LogP contribution >= 0.6 is 0 Å². The first-order chi connectivity index (χ1) is 14.5. The van der Waals surface area contributed by atoms with Crippen LogP contribution in [0.1, 0.15) is 63.9 Å². The van der Waals surface area contributed by atoms with E-state index in [-0.39, 0.29) is 22.4 Å². The van der Waals surface area contributed by atoms with Crippen LogP contribution in [-0.4, -0.2) is 11.6 Å². The van der Waals surface area contributed by atoms with Crippen molar-refractivity contribution in [2.45, 2.75) is 48.0 Å². The summed E-state index contributed by atoms with van der Waals surface area (Å²) < 4.78 is 0. The monoisotopic (exact) mass is 415 g/mol. The Kier molecular flexibility index (Phi) is 6.35. The molecular formula is C28H33NO2. The van der Waals surface area contributed by atoms with E-state index in [1.807, 2.05) is 60.8 Å². The van der Waals surface area contributed by atoms with Crippen LogP contribution in [0.2, 0.25) is 0 Å². The Morgan fingerprint density at radius 3 is 2.03 bits per heavy atom. The first kappa shape index (κ1) is 22.7. The molecule has 0 saturated heterocycles. The van der Waals surface area contributed by atoms with Crippen molar-refractivity contribution in [3.05, 3.63) is 89.1 Å². The molecule has 0 aliphatic heterocycles. The van der Waals surface area contributed by atoms with E-state index in [1.54, 1.807) is 0 Å². The summed E-state index contributed by atoms with van der Waals surface area (Å²) in [4.78, 5) is 25.7. The van der Waals surface area contributed by atoms with Gasteiger partial charge in [-0.15, -0.1) is 0 Å². The van der Waals surface area contributed by atoms with Gasteiger partial charge in [0.05, 0.1) is 0 Å². The lowest BCUT2D eigenvalue weighted by molar-refractivity contribution is -0.113. The number of ketones is 2. The van der Waals surface area contributed by atoms with Gasteiger partial charge in [0.25, 0.3) is 0 Å². The molecule has 0 aromatic heterocycles. The molecule has 0 fully saturated rings. The molecule has 3 nitrogen and oxygen atoms in total. The zero-order chi connectivity index (χ0) is 22.8. The fraction of sp³-hybridized carbons (Fsp3) is 0.357. The third-order valence-corrected chi connectivity index (χ3v) is 5.86. The van der Waals surface area contributed by atoms with E-state index >= 15 is 0 Å². The van der Waals surface area contributed by atoms with Gasteiger partial charge in [-0.2, -0.15) is 0 Å². The lowest BCUT2D eigenvalue weighted by atomic mass is 9.68. The molecule has 2 aromatic rings. The van der Waals surface area contributed by atoms with Crippen LogP contribution in [0.3, 0.4) is 0 Å². The van der Waals surface area contributed by atoms with Gasteiger partial charge in [-0.1, -0.05) is 78.0 Å². The van der Waals surface area contributed by atoms with E-state index in [0.29, 0.717) is 17.0 Å². The highest BCUT2D eigenvalue weighted by Crippen LogP contribution is 2.41. The second-order valence-electron chi connectivity index (χ2n) is 10.4. The van der Waals surface area contributed by atoms with E-state index in [0.717, 1.165) is 23.3 Å². The second kappa shape index (κ2) is 8.66. The van der Waals surface area contributed by atoms with Crippen LogP contribution in [0.5, 0.6) is 0 Å². The zero-order valence-corrected chi connectivity index (χ0v) is 19.5. The van der Waals surface area contributed by atoms with Crippen LogP contribution in [0.4, 0.5) is 5.69 Å². The number of nitrogens with one attached hydrogen (secondary N) is 1. The smallest absolute Gasteiger partial charge is 0.193 e. The molecule has 1 aliphatic carbocycles. The Hall–Kier alpha value is -2.94. The normalized spacial score (nSPS) is 18.6. The second-order valence-corrected chi connectivity index (χ2v) is 10.4. The van der Waals surface area contributed by atoms with Crippen molar-refractivity contribution in [1.29, 1.82) is 0 Å². The Morgan fingerprint density at radius 2 is 1.48 bits per heavy atom. The number of anilines is 1. The molecule has 0 bridgehead atoms. The summed E-state index contributed by atoms with van der Waals surface area (Å²) in [6.07, 6.45) is 4.75. The van der Waals surface area contributed by atoms with E-state index < -0.39 is 0 Å². The summed E-state index contributed by atoms with van der Waals surface area (Å²) in [6.45, 7) is 12.9. The van der Waals surface area contributed by atoms with Gasteiger partial charge in [0, 0.05) is 34.2 Å². The first-order valence-corrected chi connectivity index (χ1v) is 10.9. The number of hydrogen-bond acceptors (Lipinski definition) is 3. The summed E-state index contributed by atoms with van der Waals surface area (Å²) in [5.41, 5.74) is 3.74. The van der Waals surface area contributed by atoms with Gasteiger partial charge in [-0.05, 0) is 47.4 Å². The number of carbonyl (C=O) groups is 2. The van der Waals surface area contributed by atoms with Crippen molar-refractivity contribution in [2.75, 3.05) is 5.32 Å². The maximum Gasteiger partial charge on any atom is 0.193 e. The predicted octanol–water partition coefficient (Wildman–Crippen LogP) is 6.82. The van der Waals surface area contributed by atoms with Gasteiger partial charge >= 0.3 is 0 Å². The van der Waals surface area contributed by atoms with Gasteiger partial charge in [-0.25, -0.2) is 0 Å². The highest BCUT2D eigenvalue weighted by Gasteiger charge is 2.36. The quantitative estimate of drug-likeness (QED) is 0.440. The molecule has 0 spiro atoms. The first-order valence-electron chi connectivity index (χ1n) is 10.9. The third kappa shape index (κ3) is 5.41. The maximum atomic E-state index is 13.1. The zero-order valence-electron chi connectivity index (χ0n) is 19.5. The summed E-state index contributed by atoms with van der Waals surface area (Å²) in [7, 11) is 0. The Bertz CT molecular complexity index is 1010. The van der Waals surface area contributed by atoms with E-state index in [9.17, 15) is 9.59 Å². The lowest BCUT2D eigenvalue weighted by Crippen LogP contribution is -2.31. The van der Waals surface area contributed by atoms with E-state index in [4.69, 9.17) is 0 Å². The minimum atomic E-state index is -0.195. The summed E-state index contributed by atoms with van der Waals surface area (Å²) >= 11 is 0. The van der Waals surface area contributed by atoms with Crippen molar-refractivity contribution in [1.82, 2.24) is 0 Å². The standard InChI is InChI=1S/C28H33NO2/c1-27(2,3)22-16-21(26(31)24(17-22)28(4,5)6)18-29-23-14-12-20(13-15-23)25(30)19-10-8-7-9-11-19/h7-15,17-18,22,29H,16H2,1-6H3/b21-18-. The van der Waals surface area contributed by atoms with Crippen LogP contribution in [-0.2, 0) is 4.79 Å². The number of hydrogen-bond donors (Lipinski definition) is 1. The molecule has 1 atom stereocenters. The number of benzene rings is 2. The summed E-state index contributed by atoms with van der Waals surface area (Å²) in [6, 6.07) is 16.6. The Labute approximate surface area is 186 Å². The summed E-state index contributed by atoms with van der Waals surface area (Å²) in [5, 5.41) is 3.27. The van der Waals surface area contributed by atoms with Gasteiger partial charge < -0.3 is 5.32 Å². The van der Waals surface area contributed by atoms with Gasteiger partial charge in [0.2, 0.25) is 0 Å². The van der Waals surface area contributed by atoms with Crippen molar-refractivity contribution in [3.63, 3.8) is 0 Å². The number of allylic oxidation sites excluding steroid dienone is 3. The molecule has 0 saturated carbocycles. The van der Waals surface area contributed by atoms with Gasteiger partial charge in [0.1, 0.15) is 0 Å². The molecule has 3 heteroatoms. The molecule has 2 aromatic carbocycles. The molecule has 0 heterocycles. The molecule has 0 amide bonds. The fourth-order valence-corrected chi connectivity index (χ4v) is 3.75. The van der Waals surface area contributed by atoms with Crippen molar-refractivity contribution < 1.29 is 9.59 Å². The molecule has 0 radical (unpaired) electrons. The fourth-order valence-electron chi connectivity index (χ4n) is 3.75. The average molecular weight is 416 g/mol. The molecule has 1 aliphatic rings. The summed E-state index contributed by atoms with van der Waals surface area (Å²) in [5.74, 6) is 0.427. The molecular weight excluding hydrogens is 382 g/mol. The third-order valence-electron chi connectivity index (χ3n) is 5.86. The largest absolute Gasteiger partial charge is 0.361 e. The molecule has 31 heavy (non-hydrogen) atoms. The minimum Gasteiger partial charge on any atom is -0.361 e. The van der Waals surface area contributed by atoms with Crippen molar-refractivity contribution >= 4 is 17.3 Å². The Morgan fingerprint density at radius 1 is 0.903 bits per heavy atom. The van der Waals surface area contributed by atoms with Crippen LogP contribution in [0.25, 0.3) is 0 Å². The van der Waals surface area contributed by atoms with E-state index in [2.05, 4.69) is 52.9 Å². The van der Waals surface area contributed by atoms with Gasteiger partial charge in [0.15, 0.2) is 11.6 Å². The number of rotatable bonds is 4. The van der Waals surface area contributed by atoms with Gasteiger partial charge in [-0.3, -0.25) is 9.59 Å². The van der Waals surface area contributed by atoms with Crippen LogP contribution < -0.4 is 5.32 Å². The van der Waals surface area contributed by atoms with Crippen LogP contribution in [0, 0.1) is 16.7 Å². The SMILES string of the molecule is CC(C)(C)C1=CC(C(C)(C)C)C/C(=C/Nc2ccc(C(=O)c3ccccc3)cc2)C1=O. The number of carbonyl (C=O) groups excluding carboxylic acids is 2. The molecule has 1 unspecified atom stereocenters. The Balaban J connectivity index is 1.80. The average Bonchev–Trinajstić information content (AvgIpc) is 2.72. The molecule has 162 valence electrons. The van der Waals surface area contributed by atoms with Crippen LogP contribution in [0.15, 0.2) is 78.0 Å². The molecule has 3 rings (SSSR count). The lowest BCUT2D eigenvalue weighted by Gasteiger charge is -2.36. The number of Topliss-reactive ketones (excluding diaryl/α,β-unsaturated/α-hetero) is 1. The highest BCUT2D eigenvalue weighted by atomic mass is 16.1. The minimum absolute atomic E-state index is 0.000869. The van der Waals surface area contributed by atoms with E-state index in [1.165, 1.54) is 0 Å². The topological polar surface area (TPSA) is 46.2 Å². The van der Waals surface area contributed by atoms with Crippen molar-refractivity contribution in [3.8, 4) is 0 Å². The predicted molar refractivity (Wildman–Crippen MR) is 128 cm³/mol. The molecule has 1 N–H and O–H groups in total. The van der Waals surface area contributed by atoms with Crippen molar-refractivity contribution in [2.24, 2.45) is 16.7 Å². The highest BCUT2D eigenvalue weighted by molar-refractivity contribution is 6.10.